The van der Waals surface area contributed by atoms with Gasteiger partial charge in [-0.15, -0.1) is 6.58 Å². The van der Waals surface area contributed by atoms with Crippen molar-refractivity contribution in [3.63, 3.8) is 0 Å². The van der Waals surface area contributed by atoms with Gasteiger partial charge in [-0.2, -0.15) is 13.2 Å². The fraction of sp³-hybridized carbons (Fsp3) is 0.536. The van der Waals surface area contributed by atoms with E-state index in [9.17, 15) is 27.6 Å². The Morgan fingerprint density at radius 2 is 1.84 bits per heavy atom. The van der Waals surface area contributed by atoms with Gasteiger partial charge in [0.15, 0.2) is 0 Å². The summed E-state index contributed by atoms with van der Waals surface area (Å²) >= 11 is 0. The number of piperidine rings is 1. The number of hydrogen-bond donors (Lipinski definition) is 1. The first kappa shape index (κ1) is 27.7. The van der Waals surface area contributed by atoms with E-state index in [0.29, 0.717) is 31.1 Å². The summed E-state index contributed by atoms with van der Waals surface area (Å²) in [6.45, 7) is 11.0. The zero-order valence-electron chi connectivity index (χ0n) is 22.1. The van der Waals surface area contributed by atoms with E-state index in [-0.39, 0.29) is 36.1 Å². The van der Waals surface area contributed by atoms with Gasteiger partial charge in [0.2, 0.25) is 5.91 Å². The highest BCUT2D eigenvalue weighted by Crippen LogP contribution is 2.42. The van der Waals surface area contributed by atoms with Crippen molar-refractivity contribution < 1.29 is 27.6 Å². The van der Waals surface area contributed by atoms with E-state index in [4.69, 9.17) is 0 Å². The maximum absolute atomic E-state index is 14.0. The summed E-state index contributed by atoms with van der Waals surface area (Å²) in [5, 5.41) is 2.62. The first-order valence-electron chi connectivity index (χ1n) is 13.1. The van der Waals surface area contributed by atoms with Gasteiger partial charge in [-0.1, -0.05) is 45.0 Å². The van der Waals surface area contributed by atoms with Gasteiger partial charge in [0.1, 0.15) is 6.04 Å². The number of benzene rings is 1. The van der Waals surface area contributed by atoms with Crippen molar-refractivity contribution in [1.82, 2.24) is 20.0 Å². The Hall–Kier alpha value is -3.30. The first-order chi connectivity index (χ1) is 17.9. The van der Waals surface area contributed by atoms with Crippen molar-refractivity contribution in [3.8, 4) is 0 Å². The molecule has 206 valence electrons. The van der Waals surface area contributed by atoms with Gasteiger partial charge >= 0.3 is 12.2 Å². The second-order valence-corrected chi connectivity index (χ2v) is 10.8. The van der Waals surface area contributed by atoms with E-state index >= 15 is 0 Å². The molecule has 1 N–H and O–H groups in total. The highest BCUT2D eigenvalue weighted by Gasteiger charge is 2.49. The average molecular weight is 533 g/mol. The number of urea groups is 1. The minimum atomic E-state index is -4.68. The second kappa shape index (κ2) is 10.8. The second-order valence-electron chi connectivity index (χ2n) is 10.8. The van der Waals surface area contributed by atoms with Gasteiger partial charge in [0.05, 0.1) is 29.4 Å². The van der Waals surface area contributed by atoms with E-state index in [2.05, 4.69) is 18.8 Å². The van der Waals surface area contributed by atoms with Gasteiger partial charge in [0.25, 0.3) is 5.91 Å². The summed E-state index contributed by atoms with van der Waals surface area (Å²) in [4.78, 5) is 45.4. The molecule has 4 rings (SSSR count). The van der Waals surface area contributed by atoms with Crippen LogP contribution in [0, 0.1) is 11.8 Å². The smallest absolute Gasteiger partial charge is 0.341 e. The predicted molar refractivity (Wildman–Crippen MR) is 137 cm³/mol. The van der Waals surface area contributed by atoms with Gasteiger partial charge in [-0.05, 0) is 42.7 Å². The van der Waals surface area contributed by atoms with E-state index in [0.717, 1.165) is 18.9 Å². The Labute approximate surface area is 221 Å². The fourth-order valence-electron chi connectivity index (χ4n) is 5.58. The summed E-state index contributed by atoms with van der Waals surface area (Å²) < 4.78 is 41.8. The lowest BCUT2D eigenvalue weighted by atomic mass is 9.91. The third-order valence-corrected chi connectivity index (χ3v) is 7.59. The molecule has 0 aliphatic carbocycles. The molecule has 1 fully saturated rings. The molecule has 0 spiro atoms. The number of carbonyl (C=O) groups excluding carboxylic acids is 3. The summed E-state index contributed by atoms with van der Waals surface area (Å²) in [6.07, 6.45) is -1.02. The largest absolute Gasteiger partial charge is 0.416 e. The lowest BCUT2D eigenvalue weighted by Crippen LogP contribution is -2.52. The molecule has 38 heavy (non-hydrogen) atoms. The highest BCUT2D eigenvalue weighted by molar-refractivity contribution is 6.03. The summed E-state index contributed by atoms with van der Waals surface area (Å²) in [5.41, 5.74) is -0.740. The fourth-order valence-corrected chi connectivity index (χ4v) is 5.58. The number of rotatable bonds is 7. The molecule has 1 aromatic carbocycles. The lowest BCUT2D eigenvalue weighted by molar-refractivity contribution is -0.144. The Bertz CT molecular complexity index is 1140. The normalized spacial score (nSPS) is 21.7. The van der Waals surface area contributed by atoms with E-state index in [1.807, 2.05) is 13.8 Å². The number of carbonyl (C=O) groups is 3. The molecule has 3 aliphatic heterocycles. The van der Waals surface area contributed by atoms with Gasteiger partial charge < -0.3 is 15.1 Å². The Morgan fingerprint density at radius 3 is 2.45 bits per heavy atom. The lowest BCUT2D eigenvalue weighted by Gasteiger charge is -2.37. The number of likely N-dealkylation sites (tertiary alicyclic amines) is 1. The van der Waals surface area contributed by atoms with Crippen molar-refractivity contribution in [2.45, 2.75) is 58.3 Å². The minimum Gasteiger partial charge on any atom is -0.341 e. The molecular weight excluding hydrogens is 497 g/mol. The highest BCUT2D eigenvalue weighted by atomic mass is 19.4. The molecule has 7 nitrogen and oxygen atoms in total. The molecule has 3 heterocycles. The summed E-state index contributed by atoms with van der Waals surface area (Å²) in [5.74, 6) is -0.0751. The Balaban J connectivity index is 1.75. The molecule has 0 bridgehead atoms. The summed E-state index contributed by atoms with van der Waals surface area (Å²) in [6, 6.07) is 2.26. The summed E-state index contributed by atoms with van der Waals surface area (Å²) in [7, 11) is 0. The standard InChI is InChI=1S/C28H35F3N4O3/c1-5-12-34-22-16-35(21(15-17(2)3)25(36)33-13-10-18(4)11-14-33)26(37)23(22)24(32-27(34)38)19-8-6-7-9-20(19)28(29,30)31/h5-9,17-18,21,24H,1,10-16H2,2-4H3,(H,32,38). The van der Waals surface area contributed by atoms with Gasteiger partial charge in [0, 0.05) is 19.6 Å². The molecule has 2 unspecified atom stereocenters. The van der Waals surface area contributed by atoms with Crippen molar-refractivity contribution in [3.05, 3.63) is 59.3 Å². The van der Waals surface area contributed by atoms with E-state index in [1.54, 1.807) is 4.90 Å². The maximum atomic E-state index is 14.0. The van der Waals surface area contributed by atoms with Crippen molar-refractivity contribution >= 4 is 17.8 Å². The van der Waals surface area contributed by atoms with Crippen molar-refractivity contribution in [2.24, 2.45) is 11.8 Å². The van der Waals surface area contributed by atoms with Crippen LogP contribution in [-0.4, -0.2) is 64.8 Å². The van der Waals surface area contributed by atoms with Gasteiger partial charge in [-0.3, -0.25) is 14.5 Å². The quantitative estimate of drug-likeness (QED) is 0.517. The molecule has 2 atom stereocenters. The molecule has 0 aromatic heterocycles. The molecule has 0 radical (unpaired) electrons. The van der Waals surface area contributed by atoms with Crippen LogP contribution in [0.25, 0.3) is 0 Å². The van der Waals surface area contributed by atoms with Crippen LogP contribution < -0.4 is 5.32 Å². The zero-order chi connectivity index (χ0) is 27.8. The van der Waals surface area contributed by atoms with Crippen LogP contribution in [-0.2, 0) is 15.8 Å². The molecule has 4 amide bonds. The van der Waals surface area contributed by atoms with Crippen molar-refractivity contribution in [1.29, 1.82) is 0 Å². The van der Waals surface area contributed by atoms with Crippen LogP contribution in [0.4, 0.5) is 18.0 Å². The minimum absolute atomic E-state index is 0.0342. The molecule has 3 aliphatic rings. The van der Waals surface area contributed by atoms with Crippen LogP contribution in [0.15, 0.2) is 48.2 Å². The molecule has 0 saturated carbocycles. The number of alkyl halides is 3. The number of amides is 4. The van der Waals surface area contributed by atoms with Gasteiger partial charge in [-0.25, -0.2) is 4.79 Å². The molecule has 1 saturated heterocycles. The van der Waals surface area contributed by atoms with Crippen LogP contribution in [0.2, 0.25) is 0 Å². The Kier molecular flexibility index (Phi) is 7.90. The van der Waals surface area contributed by atoms with Crippen LogP contribution >= 0.6 is 0 Å². The van der Waals surface area contributed by atoms with Crippen molar-refractivity contribution in [2.75, 3.05) is 26.2 Å². The number of nitrogens with zero attached hydrogens (tertiary/aromatic N) is 3. The van der Waals surface area contributed by atoms with Crippen LogP contribution in [0.5, 0.6) is 0 Å². The number of nitrogens with one attached hydrogen (secondary N) is 1. The predicted octanol–water partition coefficient (Wildman–Crippen LogP) is 4.73. The molecular formula is C28H35F3N4O3. The molecule has 1 aromatic rings. The average Bonchev–Trinajstić information content (AvgIpc) is 3.20. The number of halogens is 3. The third kappa shape index (κ3) is 5.31. The number of hydrogen-bond acceptors (Lipinski definition) is 3. The van der Waals surface area contributed by atoms with Crippen LogP contribution in [0.3, 0.4) is 0 Å². The third-order valence-electron chi connectivity index (χ3n) is 7.59. The van der Waals surface area contributed by atoms with Crippen LogP contribution in [0.1, 0.15) is 57.2 Å². The topological polar surface area (TPSA) is 73.0 Å². The first-order valence-corrected chi connectivity index (χ1v) is 13.1. The van der Waals surface area contributed by atoms with E-state index in [1.165, 1.54) is 34.1 Å². The van der Waals surface area contributed by atoms with E-state index < -0.39 is 35.8 Å². The molecule has 10 heteroatoms. The zero-order valence-corrected chi connectivity index (χ0v) is 22.1. The maximum Gasteiger partial charge on any atom is 0.416 e. The monoisotopic (exact) mass is 532 g/mol. The Morgan fingerprint density at radius 1 is 1.18 bits per heavy atom. The SMILES string of the molecule is C=CCN1C(=O)NC(c2ccccc2C(F)(F)F)C2=C1CN(C(CC(C)C)C(=O)N1CCC(C)CC1)C2=O.